The summed E-state index contributed by atoms with van der Waals surface area (Å²) in [7, 11) is 0. The van der Waals surface area contributed by atoms with E-state index in [0.717, 1.165) is 5.56 Å². The highest BCUT2D eigenvalue weighted by atomic mass is 16.3. The van der Waals surface area contributed by atoms with E-state index in [2.05, 4.69) is 5.32 Å². The molecule has 0 aromatic heterocycles. The van der Waals surface area contributed by atoms with Crippen LogP contribution in [0, 0.1) is 5.92 Å². The molecule has 2 unspecified atom stereocenters. The number of carbonyl (C=O) groups is 1. The van der Waals surface area contributed by atoms with E-state index < -0.39 is 0 Å². The fourth-order valence-corrected chi connectivity index (χ4v) is 1.90. The molecule has 0 aliphatic heterocycles. The Bertz CT molecular complexity index is 443. The van der Waals surface area contributed by atoms with Crippen molar-refractivity contribution in [3.8, 4) is 0 Å². The van der Waals surface area contributed by atoms with E-state index in [0.29, 0.717) is 12.1 Å². The summed E-state index contributed by atoms with van der Waals surface area (Å²) < 4.78 is 0. The molecular formula is C13H16N2O2. The number of rotatable bonds is 3. The average molecular weight is 232 g/mol. The van der Waals surface area contributed by atoms with Crippen molar-refractivity contribution in [3.05, 3.63) is 42.0 Å². The van der Waals surface area contributed by atoms with Crippen molar-refractivity contribution >= 4 is 11.6 Å². The van der Waals surface area contributed by atoms with Gasteiger partial charge in [-0.15, -0.1) is 0 Å². The molecule has 0 spiro atoms. The van der Waals surface area contributed by atoms with E-state index >= 15 is 0 Å². The second-order valence-corrected chi connectivity index (χ2v) is 4.24. The molecule has 0 heterocycles. The minimum absolute atomic E-state index is 0.0190. The number of aliphatic hydroxyl groups is 1. The smallest absolute Gasteiger partial charge is 0.231 e. The Morgan fingerprint density at radius 3 is 2.94 bits per heavy atom. The highest BCUT2D eigenvalue weighted by Crippen LogP contribution is 2.19. The molecule has 1 aliphatic rings. The topological polar surface area (TPSA) is 75.4 Å². The monoisotopic (exact) mass is 232 g/mol. The predicted molar refractivity (Wildman–Crippen MR) is 66.2 cm³/mol. The number of amides is 1. The third-order valence-electron chi connectivity index (χ3n) is 2.83. The summed E-state index contributed by atoms with van der Waals surface area (Å²) in [5.74, 6) is -0.202. The minimum Gasteiger partial charge on any atom is -0.392 e. The maximum absolute atomic E-state index is 11.9. The number of aliphatic hydroxyl groups excluding tert-OH is 1. The van der Waals surface area contributed by atoms with Gasteiger partial charge in [0.25, 0.3) is 0 Å². The average Bonchev–Trinajstić information content (AvgIpc) is 2.76. The maximum Gasteiger partial charge on any atom is 0.231 e. The lowest BCUT2D eigenvalue weighted by Gasteiger charge is -2.11. The van der Waals surface area contributed by atoms with Gasteiger partial charge in [-0.1, -0.05) is 24.3 Å². The van der Waals surface area contributed by atoms with Crippen molar-refractivity contribution in [2.24, 2.45) is 11.7 Å². The first-order valence-corrected chi connectivity index (χ1v) is 5.63. The molecule has 1 aliphatic carbocycles. The lowest BCUT2D eigenvalue weighted by molar-refractivity contribution is -0.118. The summed E-state index contributed by atoms with van der Waals surface area (Å²) in [6.45, 7) is -0.0298. The SMILES string of the molecule is NC1C=CC(C(=O)Nc2cccc(CO)c2)C1. The quantitative estimate of drug-likeness (QED) is 0.681. The molecule has 17 heavy (non-hydrogen) atoms. The van der Waals surface area contributed by atoms with Crippen LogP contribution in [0.4, 0.5) is 5.69 Å². The molecule has 1 aromatic carbocycles. The summed E-state index contributed by atoms with van der Waals surface area (Å²) in [4.78, 5) is 11.9. The summed E-state index contributed by atoms with van der Waals surface area (Å²) in [5, 5.41) is 11.8. The second kappa shape index (κ2) is 5.12. The molecule has 4 nitrogen and oxygen atoms in total. The molecule has 0 bridgehead atoms. The van der Waals surface area contributed by atoms with E-state index in [4.69, 9.17) is 10.8 Å². The lowest BCUT2D eigenvalue weighted by Crippen LogP contribution is -2.24. The van der Waals surface area contributed by atoms with Crippen molar-refractivity contribution in [3.63, 3.8) is 0 Å². The number of benzene rings is 1. The van der Waals surface area contributed by atoms with Gasteiger partial charge in [0.2, 0.25) is 5.91 Å². The van der Waals surface area contributed by atoms with Crippen LogP contribution in [0.15, 0.2) is 36.4 Å². The zero-order valence-electron chi connectivity index (χ0n) is 9.47. The normalized spacial score (nSPS) is 22.7. The lowest BCUT2D eigenvalue weighted by atomic mass is 10.1. The molecular weight excluding hydrogens is 216 g/mol. The molecule has 1 amide bonds. The molecule has 0 radical (unpaired) electrons. The number of carbonyl (C=O) groups excluding carboxylic acids is 1. The molecule has 0 saturated carbocycles. The van der Waals surface area contributed by atoms with E-state index in [9.17, 15) is 4.79 Å². The van der Waals surface area contributed by atoms with E-state index in [1.165, 1.54) is 0 Å². The van der Waals surface area contributed by atoms with E-state index in [-0.39, 0.29) is 24.5 Å². The van der Waals surface area contributed by atoms with E-state index in [1.54, 1.807) is 24.3 Å². The zero-order chi connectivity index (χ0) is 12.3. The van der Waals surface area contributed by atoms with Gasteiger partial charge in [-0.05, 0) is 24.1 Å². The minimum atomic E-state index is -0.150. The standard InChI is InChI=1S/C13H16N2O2/c14-11-5-4-10(7-11)13(17)15-12-3-1-2-9(6-12)8-16/h1-6,10-11,16H,7-8,14H2,(H,15,17). The maximum atomic E-state index is 11.9. The van der Waals surface area contributed by atoms with Crippen LogP contribution in [-0.2, 0) is 11.4 Å². The summed E-state index contributed by atoms with van der Waals surface area (Å²) >= 11 is 0. The third-order valence-corrected chi connectivity index (χ3v) is 2.83. The Morgan fingerprint density at radius 1 is 1.47 bits per heavy atom. The summed E-state index contributed by atoms with van der Waals surface area (Å²) in [6.07, 6.45) is 4.36. The Balaban J connectivity index is 2.00. The first kappa shape index (κ1) is 11.8. The van der Waals surface area contributed by atoms with Crippen molar-refractivity contribution in [1.82, 2.24) is 0 Å². The van der Waals surface area contributed by atoms with Crippen LogP contribution < -0.4 is 11.1 Å². The molecule has 0 fully saturated rings. The summed E-state index contributed by atoms with van der Waals surface area (Å²) in [5.41, 5.74) is 7.19. The van der Waals surface area contributed by atoms with Gasteiger partial charge in [0.15, 0.2) is 0 Å². The summed E-state index contributed by atoms with van der Waals surface area (Å²) in [6, 6.07) is 7.15. The molecule has 2 atom stereocenters. The van der Waals surface area contributed by atoms with Gasteiger partial charge < -0.3 is 16.2 Å². The number of anilines is 1. The first-order chi connectivity index (χ1) is 8.19. The molecule has 4 N–H and O–H groups in total. The zero-order valence-corrected chi connectivity index (χ0v) is 9.47. The fourth-order valence-electron chi connectivity index (χ4n) is 1.90. The third kappa shape index (κ3) is 2.93. The molecule has 2 rings (SSSR count). The Morgan fingerprint density at radius 2 is 2.29 bits per heavy atom. The van der Waals surface area contributed by atoms with Crippen molar-refractivity contribution in [2.45, 2.75) is 19.1 Å². The Hall–Kier alpha value is -1.65. The Labute approximate surface area is 100 Å². The first-order valence-electron chi connectivity index (χ1n) is 5.63. The van der Waals surface area contributed by atoms with Crippen LogP contribution >= 0.6 is 0 Å². The Kier molecular flexibility index (Phi) is 3.56. The van der Waals surface area contributed by atoms with Crippen molar-refractivity contribution < 1.29 is 9.90 Å². The fraction of sp³-hybridized carbons (Fsp3) is 0.308. The van der Waals surface area contributed by atoms with Crippen molar-refractivity contribution in [2.75, 3.05) is 5.32 Å². The van der Waals surface area contributed by atoms with Crippen molar-refractivity contribution in [1.29, 1.82) is 0 Å². The molecule has 4 heteroatoms. The second-order valence-electron chi connectivity index (χ2n) is 4.24. The van der Waals surface area contributed by atoms with Gasteiger partial charge in [0.05, 0.1) is 12.5 Å². The predicted octanol–water partition coefficient (Wildman–Crippen LogP) is 1.02. The highest BCUT2D eigenvalue weighted by molar-refractivity contribution is 5.94. The van der Waals surface area contributed by atoms with E-state index in [1.807, 2.05) is 12.2 Å². The van der Waals surface area contributed by atoms with Crippen LogP contribution in [0.1, 0.15) is 12.0 Å². The largest absolute Gasteiger partial charge is 0.392 e. The van der Waals surface area contributed by atoms with Gasteiger partial charge in [-0.2, -0.15) is 0 Å². The number of nitrogens with two attached hydrogens (primary N) is 1. The highest BCUT2D eigenvalue weighted by Gasteiger charge is 2.22. The van der Waals surface area contributed by atoms with Gasteiger partial charge in [-0.25, -0.2) is 0 Å². The molecule has 0 saturated heterocycles. The van der Waals surface area contributed by atoms with Crippen LogP contribution in [0.25, 0.3) is 0 Å². The van der Waals surface area contributed by atoms with Crippen LogP contribution in [0.3, 0.4) is 0 Å². The molecule has 90 valence electrons. The van der Waals surface area contributed by atoms with Gasteiger partial charge in [0.1, 0.15) is 0 Å². The number of hydrogen-bond donors (Lipinski definition) is 3. The van der Waals surface area contributed by atoms with Crippen LogP contribution in [0.5, 0.6) is 0 Å². The van der Waals surface area contributed by atoms with Gasteiger partial charge in [0, 0.05) is 11.7 Å². The molecule has 1 aromatic rings. The number of hydrogen-bond acceptors (Lipinski definition) is 3. The van der Waals surface area contributed by atoms with Crippen LogP contribution in [0.2, 0.25) is 0 Å². The van der Waals surface area contributed by atoms with Gasteiger partial charge >= 0.3 is 0 Å². The van der Waals surface area contributed by atoms with Crippen LogP contribution in [-0.4, -0.2) is 17.1 Å². The van der Waals surface area contributed by atoms with Gasteiger partial charge in [-0.3, -0.25) is 4.79 Å². The number of nitrogens with one attached hydrogen (secondary N) is 1.